The number of nitrogens with one attached hydrogen (secondary N) is 2. The molecule has 0 saturated carbocycles. The number of para-hydroxylation sites is 1. The first-order chi connectivity index (χ1) is 15.5. The summed E-state index contributed by atoms with van der Waals surface area (Å²) in [5.74, 6) is -0.665. The number of amides is 1. The van der Waals surface area contributed by atoms with Crippen molar-refractivity contribution in [3.63, 3.8) is 0 Å². The van der Waals surface area contributed by atoms with Gasteiger partial charge in [0.2, 0.25) is 0 Å². The summed E-state index contributed by atoms with van der Waals surface area (Å²) < 4.78 is 28.0. The van der Waals surface area contributed by atoms with E-state index in [0.717, 1.165) is 5.56 Å². The van der Waals surface area contributed by atoms with Crippen molar-refractivity contribution in [2.24, 2.45) is 5.10 Å². The number of phenols is 1. The highest BCUT2D eigenvalue weighted by Gasteiger charge is 2.18. The van der Waals surface area contributed by atoms with Gasteiger partial charge in [-0.3, -0.25) is 9.52 Å². The van der Waals surface area contributed by atoms with Crippen molar-refractivity contribution in [3.05, 3.63) is 89.5 Å². The maximum absolute atomic E-state index is 12.7. The molecule has 1 amide bonds. The Morgan fingerprint density at radius 3 is 2.09 bits per heavy atom. The SMILES string of the molecule is C/C(=N\NC(=O)c1ccccc1O)c1ccc(NS(=O)(=O)c2ccc(C(C)(C)C)cc2)cc1. The Morgan fingerprint density at radius 1 is 0.909 bits per heavy atom. The number of hydrogen-bond acceptors (Lipinski definition) is 5. The predicted molar refractivity (Wildman–Crippen MR) is 130 cm³/mol. The molecule has 0 saturated heterocycles. The average Bonchev–Trinajstić information content (AvgIpc) is 2.77. The van der Waals surface area contributed by atoms with E-state index in [1.165, 1.54) is 12.1 Å². The summed E-state index contributed by atoms with van der Waals surface area (Å²) in [6.07, 6.45) is 0. The summed E-state index contributed by atoms with van der Waals surface area (Å²) in [4.78, 5) is 12.4. The van der Waals surface area contributed by atoms with Crippen LogP contribution in [0.5, 0.6) is 5.75 Å². The van der Waals surface area contributed by atoms with Gasteiger partial charge in [-0.2, -0.15) is 5.10 Å². The van der Waals surface area contributed by atoms with Crippen molar-refractivity contribution < 1.29 is 18.3 Å². The quantitative estimate of drug-likeness (QED) is 0.364. The van der Waals surface area contributed by atoms with E-state index in [0.29, 0.717) is 17.0 Å². The molecule has 0 atom stereocenters. The topological polar surface area (TPSA) is 108 Å². The van der Waals surface area contributed by atoms with E-state index in [1.807, 2.05) is 12.1 Å². The third kappa shape index (κ3) is 5.98. The Morgan fingerprint density at radius 2 is 1.52 bits per heavy atom. The summed E-state index contributed by atoms with van der Waals surface area (Å²) in [5, 5.41) is 13.8. The molecule has 3 rings (SSSR count). The molecule has 3 aromatic carbocycles. The Kier molecular flexibility index (Phi) is 6.88. The van der Waals surface area contributed by atoms with Crippen LogP contribution in [0.3, 0.4) is 0 Å². The van der Waals surface area contributed by atoms with Crippen LogP contribution in [-0.4, -0.2) is 25.1 Å². The number of benzene rings is 3. The van der Waals surface area contributed by atoms with Gasteiger partial charge in [-0.15, -0.1) is 0 Å². The maximum Gasteiger partial charge on any atom is 0.275 e. The number of phenolic OH excluding ortho intramolecular Hbond substituents is 1. The minimum Gasteiger partial charge on any atom is -0.507 e. The van der Waals surface area contributed by atoms with Crippen LogP contribution < -0.4 is 10.1 Å². The van der Waals surface area contributed by atoms with Crippen LogP contribution in [-0.2, 0) is 15.4 Å². The summed E-state index contributed by atoms with van der Waals surface area (Å²) >= 11 is 0. The van der Waals surface area contributed by atoms with E-state index < -0.39 is 15.9 Å². The molecule has 0 fully saturated rings. The Labute approximate surface area is 194 Å². The van der Waals surface area contributed by atoms with Crippen molar-refractivity contribution in [1.29, 1.82) is 0 Å². The van der Waals surface area contributed by atoms with Crippen molar-refractivity contribution >= 4 is 27.3 Å². The first-order valence-electron chi connectivity index (χ1n) is 10.3. The highest BCUT2D eigenvalue weighted by atomic mass is 32.2. The molecule has 0 bridgehead atoms. The van der Waals surface area contributed by atoms with Crippen molar-refractivity contribution in [1.82, 2.24) is 5.43 Å². The van der Waals surface area contributed by atoms with Crippen LogP contribution in [0.2, 0.25) is 0 Å². The number of hydrazone groups is 1. The summed E-state index contributed by atoms with van der Waals surface area (Å²) in [6.45, 7) is 7.91. The largest absolute Gasteiger partial charge is 0.507 e. The molecule has 3 aromatic rings. The van der Waals surface area contributed by atoms with Gasteiger partial charge in [0.1, 0.15) is 5.75 Å². The van der Waals surface area contributed by atoms with Crippen molar-refractivity contribution in [2.75, 3.05) is 4.72 Å². The van der Waals surface area contributed by atoms with Gasteiger partial charge in [-0.05, 0) is 59.9 Å². The van der Waals surface area contributed by atoms with Gasteiger partial charge in [-0.1, -0.05) is 57.2 Å². The van der Waals surface area contributed by atoms with E-state index in [9.17, 15) is 18.3 Å². The van der Waals surface area contributed by atoms with Gasteiger partial charge in [0, 0.05) is 5.69 Å². The second-order valence-corrected chi connectivity index (χ2v) is 10.3. The number of aromatic hydroxyl groups is 1. The molecule has 0 spiro atoms. The summed E-state index contributed by atoms with van der Waals surface area (Å²) in [5.41, 5.74) is 5.14. The molecule has 3 N–H and O–H groups in total. The molecular formula is C25H27N3O4S. The molecule has 0 radical (unpaired) electrons. The molecule has 7 nitrogen and oxygen atoms in total. The fourth-order valence-corrected chi connectivity index (χ4v) is 4.11. The van der Waals surface area contributed by atoms with Gasteiger partial charge in [0.15, 0.2) is 0 Å². The maximum atomic E-state index is 12.7. The van der Waals surface area contributed by atoms with Crippen LogP contribution in [0.1, 0.15) is 49.2 Å². The molecule has 0 unspecified atom stereocenters. The number of rotatable bonds is 6. The van der Waals surface area contributed by atoms with Gasteiger partial charge in [-0.25, -0.2) is 13.8 Å². The number of nitrogens with zero attached hydrogens (tertiary/aromatic N) is 1. The standard InChI is InChI=1S/C25H27N3O4S/c1-17(26-27-24(30)22-7-5-6-8-23(22)29)18-9-13-20(14-10-18)28-33(31,32)21-15-11-19(12-16-21)25(2,3)4/h5-16,28-29H,1-4H3,(H,27,30)/b26-17+. The second-order valence-electron chi connectivity index (χ2n) is 8.61. The normalized spacial score (nSPS) is 12.3. The van der Waals surface area contributed by atoms with Crippen LogP contribution in [0.4, 0.5) is 5.69 Å². The van der Waals surface area contributed by atoms with E-state index in [4.69, 9.17) is 0 Å². The van der Waals surface area contributed by atoms with Gasteiger partial charge < -0.3 is 5.11 Å². The molecule has 0 aliphatic carbocycles. The monoisotopic (exact) mass is 465 g/mol. The van der Waals surface area contributed by atoms with E-state index >= 15 is 0 Å². The van der Waals surface area contributed by atoms with Crippen LogP contribution in [0.15, 0.2) is 82.8 Å². The molecular weight excluding hydrogens is 438 g/mol. The highest BCUT2D eigenvalue weighted by molar-refractivity contribution is 7.92. The lowest BCUT2D eigenvalue weighted by molar-refractivity contribution is 0.0952. The molecule has 8 heteroatoms. The van der Waals surface area contributed by atoms with E-state index in [-0.39, 0.29) is 21.6 Å². The highest BCUT2D eigenvalue weighted by Crippen LogP contribution is 2.24. The zero-order chi connectivity index (χ0) is 24.2. The Hall–Kier alpha value is -3.65. The molecule has 0 aliphatic heterocycles. The number of sulfonamides is 1. The lowest BCUT2D eigenvalue weighted by Gasteiger charge is -2.19. The van der Waals surface area contributed by atoms with Gasteiger partial charge >= 0.3 is 0 Å². The average molecular weight is 466 g/mol. The zero-order valence-electron chi connectivity index (χ0n) is 19.0. The minimum absolute atomic E-state index is 0.0636. The summed E-state index contributed by atoms with van der Waals surface area (Å²) in [7, 11) is -3.73. The number of carbonyl (C=O) groups excluding carboxylic acids is 1. The Balaban J connectivity index is 1.68. The molecule has 172 valence electrons. The number of anilines is 1. The zero-order valence-corrected chi connectivity index (χ0v) is 19.8. The molecule has 33 heavy (non-hydrogen) atoms. The van der Waals surface area contributed by atoms with E-state index in [2.05, 4.69) is 36.0 Å². The van der Waals surface area contributed by atoms with Crippen LogP contribution >= 0.6 is 0 Å². The second kappa shape index (κ2) is 9.46. The molecule has 0 aliphatic rings. The summed E-state index contributed by atoms with van der Waals surface area (Å²) in [6, 6.07) is 19.7. The van der Waals surface area contributed by atoms with Gasteiger partial charge in [0.05, 0.1) is 16.2 Å². The third-order valence-corrected chi connectivity index (χ3v) is 6.46. The smallest absolute Gasteiger partial charge is 0.275 e. The van der Waals surface area contributed by atoms with Crippen LogP contribution in [0, 0.1) is 0 Å². The minimum atomic E-state index is -3.73. The number of hydrogen-bond donors (Lipinski definition) is 3. The Bertz CT molecular complexity index is 1270. The fraction of sp³-hybridized carbons (Fsp3) is 0.200. The van der Waals surface area contributed by atoms with Gasteiger partial charge in [0.25, 0.3) is 15.9 Å². The first kappa shape index (κ1) is 24.0. The van der Waals surface area contributed by atoms with E-state index in [1.54, 1.807) is 55.5 Å². The lowest BCUT2D eigenvalue weighted by atomic mass is 9.87. The number of carbonyl (C=O) groups is 1. The predicted octanol–water partition coefficient (Wildman–Crippen LogP) is 4.64. The van der Waals surface area contributed by atoms with Crippen molar-refractivity contribution in [3.8, 4) is 5.75 Å². The van der Waals surface area contributed by atoms with Crippen molar-refractivity contribution in [2.45, 2.75) is 38.0 Å². The fourth-order valence-electron chi connectivity index (χ4n) is 3.05. The first-order valence-corrected chi connectivity index (χ1v) is 11.8. The van der Waals surface area contributed by atoms with Crippen LogP contribution in [0.25, 0.3) is 0 Å². The lowest BCUT2D eigenvalue weighted by Crippen LogP contribution is -2.19. The molecule has 0 heterocycles. The molecule has 0 aromatic heterocycles. The third-order valence-electron chi connectivity index (χ3n) is 5.06.